The van der Waals surface area contributed by atoms with Crippen molar-refractivity contribution in [1.29, 1.82) is 0 Å². The zero-order valence-corrected chi connectivity index (χ0v) is 17.4. The van der Waals surface area contributed by atoms with E-state index in [2.05, 4.69) is 39.9 Å². The molecule has 2 aliphatic rings. The van der Waals surface area contributed by atoms with Gasteiger partial charge < -0.3 is 35.4 Å². The van der Waals surface area contributed by atoms with Gasteiger partial charge in [-0.2, -0.15) is 0 Å². The van der Waals surface area contributed by atoms with Crippen molar-refractivity contribution in [2.24, 2.45) is 4.99 Å². The Morgan fingerprint density at radius 3 is 2.00 bits per heavy atom. The van der Waals surface area contributed by atoms with E-state index in [0.29, 0.717) is 0 Å². The fraction of sp³-hybridized carbons (Fsp3) is 0.562. The van der Waals surface area contributed by atoms with Gasteiger partial charge in [0.25, 0.3) is 0 Å². The van der Waals surface area contributed by atoms with Crippen LogP contribution in [0.1, 0.15) is 50.0 Å². The molecule has 1 aromatic carbocycles. The number of hydrogen-bond acceptors (Lipinski definition) is 1. The molecule has 22 heavy (non-hydrogen) atoms. The molecule has 2 fully saturated rings. The molecule has 1 aliphatic carbocycles. The van der Waals surface area contributed by atoms with Crippen LogP contribution < -0.4 is 35.4 Å². The molecule has 1 aliphatic heterocycles. The molecule has 0 spiro atoms. The second-order valence-electron chi connectivity index (χ2n) is 5.59. The monoisotopic (exact) mass is 391 g/mol. The Balaban J connectivity index is 0.00000147. The van der Waals surface area contributed by atoms with E-state index in [4.69, 9.17) is 0 Å². The molecule has 0 aromatic heterocycles. The van der Waals surface area contributed by atoms with Crippen LogP contribution in [0.15, 0.2) is 29.3 Å². The van der Waals surface area contributed by atoms with Crippen molar-refractivity contribution in [1.82, 2.24) is 10.6 Å². The third-order valence-corrected chi connectivity index (χ3v) is 4.15. The average Bonchev–Trinajstić information content (AvgIpc) is 2.50. The van der Waals surface area contributed by atoms with E-state index in [1.807, 2.05) is 0 Å². The molecule has 118 valence electrons. The van der Waals surface area contributed by atoms with Gasteiger partial charge in [-0.05, 0) is 42.9 Å². The third kappa shape index (κ3) is 6.06. The fourth-order valence-electron chi connectivity index (χ4n) is 3.03. The summed E-state index contributed by atoms with van der Waals surface area (Å²) in [5.74, 6) is 1.69. The Morgan fingerprint density at radius 1 is 0.818 bits per heavy atom. The van der Waals surface area contributed by atoms with E-state index in [1.54, 1.807) is 0 Å². The van der Waals surface area contributed by atoms with E-state index in [1.165, 1.54) is 44.1 Å². The van der Waals surface area contributed by atoms with Crippen molar-refractivity contribution < 1.29 is 44.3 Å². The molecule has 1 saturated heterocycles. The average molecular weight is 394 g/mol. The number of nitrogens with zero attached hydrogens (tertiary/aromatic N) is 1. The maximum absolute atomic E-state index is 4.60. The van der Waals surface area contributed by atoms with Crippen LogP contribution in [0.3, 0.4) is 0 Å². The van der Waals surface area contributed by atoms with Crippen molar-refractivity contribution in [3.8, 4) is 0 Å². The Kier molecular flexibility index (Phi) is 11.1. The predicted molar refractivity (Wildman–Crippen MR) is 80.0 cm³/mol. The van der Waals surface area contributed by atoms with Gasteiger partial charge in [-0.25, -0.2) is 4.99 Å². The van der Waals surface area contributed by atoms with Crippen LogP contribution in [0.2, 0.25) is 0 Å². The molecular weight excluding hydrogens is 370 g/mol. The molecule has 1 saturated carbocycles. The zero-order valence-electron chi connectivity index (χ0n) is 13.0. The van der Waals surface area contributed by atoms with Gasteiger partial charge >= 0.3 is 19.5 Å². The molecule has 0 bridgehead atoms. The van der Waals surface area contributed by atoms with Gasteiger partial charge in [0, 0.05) is 13.1 Å². The molecule has 6 heteroatoms. The Hall–Kier alpha value is -0.307. The zero-order chi connectivity index (χ0) is 12.9. The first-order chi connectivity index (χ1) is 9.42. The van der Waals surface area contributed by atoms with Crippen LogP contribution in [0, 0.1) is 0 Å². The number of halogens is 2. The van der Waals surface area contributed by atoms with Crippen molar-refractivity contribution in [2.75, 3.05) is 13.1 Å². The van der Waals surface area contributed by atoms with E-state index >= 15 is 0 Å². The summed E-state index contributed by atoms with van der Waals surface area (Å²) in [5.41, 5.74) is 2.53. The molecule has 1 aromatic rings. The number of rotatable bonds is 2. The summed E-state index contributed by atoms with van der Waals surface area (Å²) >= 11 is 0. The van der Waals surface area contributed by atoms with Crippen LogP contribution in [0.5, 0.6) is 0 Å². The second-order valence-corrected chi connectivity index (χ2v) is 5.59. The summed E-state index contributed by atoms with van der Waals surface area (Å²) in [6, 6.07) is 8.82. The quantitative estimate of drug-likeness (QED) is 0.537. The van der Waals surface area contributed by atoms with Gasteiger partial charge in [-0.1, -0.05) is 31.4 Å². The molecular formula is C16H23Cl2N3Zn. The summed E-state index contributed by atoms with van der Waals surface area (Å²) in [6.45, 7) is 2.04. The van der Waals surface area contributed by atoms with Crippen LogP contribution in [0.4, 0.5) is 5.69 Å². The fourth-order valence-corrected chi connectivity index (χ4v) is 3.03. The molecule has 0 atom stereocenters. The van der Waals surface area contributed by atoms with E-state index < -0.39 is 0 Å². The molecule has 0 amide bonds. The standard InChI is InChI=1S/C16H23N3.2ClH.Zn/c1-2-5-13(6-3-1)14-7-9-15(10-8-14)19-16-17-11-4-12-18-16;;;/h7-10,13H,1-6,11-12H2,(H2,17,18,19);2*1H;/q;;;+2/p-2. The third-order valence-electron chi connectivity index (χ3n) is 4.15. The molecule has 1 heterocycles. The van der Waals surface area contributed by atoms with Gasteiger partial charge in [-0.15, -0.1) is 0 Å². The SMILES string of the molecule is [Cl-].[Cl-].[Zn+2].c1cc(C2CCCCC2)ccc1N=C1NCCCN1. The number of benzene rings is 1. The van der Waals surface area contributed by atoms with E-state index in [0.717, 1.165) is 30.7 Å². The topological polar surface area (TPSA) is 36.4 Å². The van der Waals surface area contributed by atoms with Crippen molar-refractivity contribution in [3.05, 3.63) is 29.8 Å². The Morgan fingerprint density at radius 2 is 1.41 bits per heavy atom. The first kappa shape index (κ1) is 21.7. The van der Waals surface area contributed by atoms with Gasteiger partial charge in [0.2, 0.25) is 0 Å². The summed E-state index contributed by atoms with van der Waals surface area (Å²) in [4.78, 5) is 4.60. The van der Waals surface area contributed by atoms with E-state index in [-0.39, 0.29) is 44.3 Å². The minimum absolute atomic E-state index is 0. The number of hydrogen-bond donors (Lipinski definition) is 2. The van der Waals surface area contributed by atoms with Gasteiger partial charge in [-0.3, -0.25) is 0 Å². The van der Waals surface area contributed by atoms with Crippen molar-refractivity contribution >= 4 is 11.6 Å². The second kappa shape index (κ2) is 11.3. The maximum Gasteiger partial charge on any atom is 2.00 e. The number of nitrogens with one attached hydrogen (secondary N) is 2. The largest absolute Gasteiger partial charge is 2.00 e. The summed E-state index contributed by atoms with van der Waals surface area (Å²) in [7, 11) is 0. The van der Waals surface area contributed by atoms with Crippen LogP contribution in [-0.2, 0) is 19.5 Å². The molecule has 2 N–H and O–H groups in total. The van der Waals surface area contributed by atoms with Crippen LogP contribution in [-0.4, -0.2) is 19.0 Å². The first-order valence-corrected chi connectivity index (χ1v) is 7.58. The predicted octanol–water partition coefficient (Wildman–Crippen LogP) is -2.69. The van der Waals surface area contributed by atoms with Crippen LogP contribution in [0.25, 0.3) is 0 Å². The summed E-state index contributed by atoms with van der Waals surface area (Å²) in [6.07, 6.45) is 8.08. The summed E-state index contributed by atoms with van der Waals surface area (Å²) < 4.78 is 0. The first-order valence-electron chi connectivity index (χ1n) is 7.58. The maximum atomic E-state index is 4.60. The summed E-state index contributed by atoms with van der Waals surface area (Å²) in [5, 5.41) is 6.57. The molecule has 3 rings (SSSR count). The Labute approximate surface area is 158 Å². The normalized spacial score (nSPS) is 17.7. The number of guanidine groups is 1. The van der Waals surface area contributed by atoms with Crippen molar-refractivity contribution in [2.45, 2.75) is 44.4 Å². The van der Waals surface area contributed by atoms with Gasteiger partial charge in [0.1, 0.15) is 0 Å². The molecule has 0 radical (unpaired) electrons. The number of aliphatic imine (C=N–C) groups is 1. The van der Waals surface area contributed by atoms with Crippen molar-refractivity contribution in [3.63, 3.8) is 0 Å². The smallest absolute Gasteiger partial charge is 1.00 e. The Bertz CT molecular complexity index is 437. The molecule has 0 unspecified atom stereocenters. The van der Waals surface area contributed by atoms with Gasteiger partial charge in [0.05, 0.1) is 5.69 Å². The van der Waals surface area contributed by atoms with Crippen LogP contribution >= 0.6 is 0 Å². The van der Waals surface area contributed by atoms with E-state index in [9.17, 15) is 0 Å². The minimum Gasteiger partial charge on any atom is -1.00 e. The van der Waals surface area contributed by atoms with Gasteiger partial charge in [0.15, 0.2) is 5.96 Å². The minimum atomic E-state index is 0. The molecule has 3 nitrogen and oxygen atoms in total.